The fourth-order valence-corrected chi connectivity index (χ4v) is 3.65. The van der Waals surface area contributed by atoms with Gasteiger partial charge in [-0.1, -0.05) is 22.7 Å². The maximum Gasteiger partial charge on any atom is 0.413 e. The van der Waals surface area contributed by atoms with Crippen LogP contribution in [0.1, 0.15) is 52.9 Å². The highest BCUT2D eigenvalue weighted by Gasteiger charge is 2.20. The summed E-state index contributed by atoms with van der Waals surface area (Å²) in [7, 11) is 3.13. The molecule has 2 aromatic heterocycles. The molecule has 0 aliphatic heterocycles. The SMILES string of the molecule is CC(C)(C)OC(=O)Nc1nc(CCl)c(F)s1.CON(C)Cc1nc(NC(=O)OC(C)(C)C)sc1F. The van der Waals surface area contributed by atoms with Crippen molar-refractivity contribution in [3.05, 3.63) is 21.6 Å². The third-order valence-corrected chi connectivity index (χ3v) is 5.18. The van der Waals surface area contributed by atoms with E-state index in [4.69, 9.17) is 25.9 Å². The lowest BCUT2D eigenvalue weighted by atomic mass is 10.2. The van der Waals surface area contributed by atoms with E-state index in [-0.39, 0.29) is 34.1 Å². The third-order valence-electron chi connectivity index (χ3n) is 3.33. The molecule has 0 bridgehead atoms. The van der Waals surface area contributed by atoms with Crippen LogP contribution in [0.2, 0.25) is 0 Å². The lowest BCUT2D eigenvalue weighted by Crippen LogP contribution is -2.27. The molecule has 2 heterocycles. The van der Waals surface area contributed by atoms with Crippen molar-refractivity contribution < 1.29 is 32.7 Å². The van der Waals surface area contributed by atoms with Gasteiger partial charge in [0.25, 0.3) is 0 Å². The van der Waals surface area contributed by atoms with Crippen LogP contribution < -0.4 is 10.6 Å². The molecule has 15 heteroatoms. The predicted molar refractivity (Wildman–Crippen MR) is 132 cm³/mol. The van der Waals surface area contributed by atoms with E-state index in [1.165, 1.54) is 12.2 Å². The van der Waals surface area contributed by atoms with Gasteiger partial charge < -0.3 is 14.3 Å². The summed E-state index contributed by atoms with van der Waals surface area (Å²) in [6, 6.07) is 0. The molecule has 0 aliphatic rings. The Balaban J connectivity index is 0.000000355. The monoisotopic (exact) mass is 557 g/mol. The van der Waals surface area contributed by atoms with Crippen molar-refractivity contribution in [2.24, 2.45) is 0 Å². The Hall–Kier alpha value is -2.13. The Morgan fingerprint density at radius 1 is 0.914 bits per heavy atom. The molecule has 0 atom stereocenters. The highest BCUT2D eigenvalue weighted by atomic mass is 35.5. The Morgan fingerprint density at radius 2 is 1.31 bits per heavy atom. The first kappa shape index (κ1) is 30.9. The lowest BCUT2D eigenvalue weighted by Gasteiger charge is -2.18. The molecular weight excluding hydrogens is 528 g/mol. The minimum atomic E-state index is -0.664. The molecule has 35 heavy (non-hydrogen) atoms. The van der Waals surface area contributed by atoms with Crippen LogP contribution in [0, 0.1) is 10.3 Å². The Kier molecular flexibility index (Phi) is 11.7. The average Bonchev–Trinajstić information content (AvgIpc) is 3.19. The van der Waals surface area contributed by atoms with Gasteiger partial charge in [-0.15, -0.1) is 11.6 Å². The van der Waals surface area contributed by atoms with Crippen molar-refractivity contribution >= 4 is 56.7 Å². The zero-order valence-electron chi connectivity index (χ0n) is 20.7. The number of thiazole rings is 2. The summed E-state index contributed by atoms with van der Waals surface area (Å²) >= 11 is 6.92. The predicted octanol–water partition coefficient (Wildman–Crippen LogP) is 5.99. The van der Waals surface area contributed by atoms with Gasteiger partial charge in [-0.05, 0) is 41.5 Å². The number of halogens is 3. The second-order valence-corrected chi connectivity index (χ2v) is 11.0. The summed E-state index contributed by atoms with van der Waals surface area (Å²) in [5, 5.41) is 5.50. The Bertz CT molecular complexity index is 992. The molecule has 2 rings (SSSR count). The molecule has 0 unspecified atom stereocenters. The van der Waals surface area contributed by atoms with Gasteiger partial charge in [0, 0.05) is 7.05 Å². The van der Waals surface area contributed by atoms with Gasteiger partial charge in [-0.3, -0.25) is 10.6 Å². The Labute approximate surface area is 215 Å². The number of amides is 2. The van der Waals surface area contributed by atoms with Crippen molar-refractivity contribution in [1.29, 1.82) is 0 Å². The van der Waals surface area contributed by atoms with Crippen molar-refractivity contribution in [2.75, 3.05) is 24.8 Å². The molecule has 2 N–H and O–H groups in total. The smallest absolute Gasteiger partial charge is 0.413 e. The molecule has 0 radical (unpaired) electrons. The van der Waals surface area contributed by atoms with Crippen molar-refractivity contribution in [3.8, 4) is 0 Å². The molecule has 2 amide bonds. The average molecular weight is 558 g/mol. The standard InChI is InChI=1S/C11H18FN3O3S.C9H12ClFN2O2S/c1-11(2,3)18-10(16)14-9-13-7(8(12)19-9)6-15(4)17-5;1-9(2,3)15-8(14)13-7-12-5(4-10)6(11)16-7/h6H2,1-5H3,(H,13,14,16);4H2,1-3H3,(H,12,13,14). The van der Waals surface area contributed by atoms with E-state index < -0.39 is 33.7 Å². The minimum Gasteiger partial charge on any atom is -0.444 e. The van der Waals surface area contributed by atoms with Crippen LogP contribution in [0.25, 0.3) is 0 Å². The summed E-state index contributed by atoms with van der Waals surface area (Å²) < 4.78 is 36.7. The number of nitrogens with zero attached hydrogens (tertiary/aromatic N) is 3. The van der Waals surface area contributed by atoms with Gasteiger partial charge in [0.05, 0.1) is 19.5 Å². The number of hydrogen-bond acceptors (Lipinski definition) is 10. The van der Waals surface area contributed by atoms with Crippen LogP contribution >= 0.6 is 34.3 Å². The van der Waals surface area contributed by atoms with Crippen LogP contribution in [-0.4, -0.2) is 52.6 Å². The summed E-state index contributed by atoms with van der Waals surface area (Å²) in [4.78, 5) is 35.5. The van der Waals surface area contributed by atoms with Gasteiger partial charge in [0.1, 0.15) is 22.6 Å². The van der Waals surface area contributed by atoms with Crippen molar-refractivity contribution in [2.45, 2.75) is 65.2 Å². The number of alkyl halides is 1. The minimum absolute atomic E-state index is 0.0294. The first-order chi connectivity index (χ1) is 16.0. The second kappa shape index (κ2) is 13.3. The first-order valence-corrected chi connectivity index (χ1v) is 12.3. The van der Waals surface area contributed by atoms with Gasteiger partial charge in [0.2, 0.25) is 10.3 Å². The second-order valence-electron chi connectivity index (χ2n) is 8.83. The summed E-state index contributed by atoms with van der Waals surface area (Å²) in [6.07, 6.45) is -1.32. The highest BCUT2D eigenvalue weighted by Crippen LogP contribution is 2.24. The zero-order valence-corrected chi connectivity index (χ0v) is 23.1. The molecule has 0 saturated heterocycles. The maximum absolute atomic E-state index is 13.6. The fraction of sp³-hybridized carbons (Fsp3) is 0.600. The largest absolute Gasteiger partial charge is 0.444 e. The zero-order chi connectivity index (χ0) is 27.0. The quantitative estimate of drug-likeness (QED) is 0.329. The van der Waals surface area contributed by atoms with Crippen LogP contribution in [0.5, 0.6) is 0 Å². The van der Waals surface area contributed by atoms with Gasteiger partial charge in [-0.2, -0.15) is 13.8 Å². The summed E-state index contributed by atoms with van der Waals surface area (Å²) in [6.45, 7) is 10.6. The van der Waals surface area contributed by atoms with Crippen LogP contribution in [0.3, 0.4) is 0 Å². The number of aromatic nitrogens is 2. The van der Waals surface area contributed by atoms with E-state index in [0.29, 0.717) is 0 Å². The van der Waals surface area contributed by atoms with E-state index in [9.17, 15) is 18.4 Å². The summed E-state index contributed by atoms with van der Waals surface area (Å²) in [5.41, 5.74) is -0.882. The molecular formula is C20H30ClF2N5O5S2. The number of nitrogens with one attached hydrogen (secondary N) is 2. The molecule has 10 nitrogen and oxygen atoms in total. The third kappa shape index (κ3) is 12.4. The van der Waals surface area contributed by atoms with Gasteiger partial charge in [0.15, 0.2) is 10.3 Å². The van der Waals surface area contributed by atoms with E-state index in [2.05, 4.69) is 20.6 Å². The van der Waals surface area contributed by atoms with Crippen molar-refractivity contribution in [3.63, 3.8) is 0 Å². The maximum atomic E-state index is 13.6. The van der Waals surface area contributed by atoms with Crippen LogP contribution in [0.15, 0.2) is 0 Å². The molecule has 2 aromatic rings. The topological polar surface area (TPSA) is 115 Å². The number of carbonyl (C=O) groups excluding carboxylic acids is 2. The van der Waals surface area contributed by atoms with Crippen LogP contribution in [-0.2, 0) is 26.7 Å². The first-order valence-electron chi connectivity index (χ1n) is 10.1. The fourth-order valence-electron chi connectivity index (χ4n) is 2.01. The van der Waals surface area contributed by atoms with E-state index in [0.717, 1.165) is 22.7 Å². The van der Waals surface area contributed by atoms with E-state index in [1.54, 1.807) is 48.6 Å². The molecule has 0 spiro atoms. The van der Waals surface area contributed by atoms with Crippen LogP contribution in [0.4, 0.5) is 28.6 Å². The molecule has 0 aromatic carbocycles. The molecule has 0 saturated carbocycles. The molecule has 0 fully saturated rings. The normalized spacial score (nSPS) is 11.5. The molecule has 0 aliphatic carbocycles. The van der Waals surface area contributed by atoms with Gasteiger partial charge in [-0.25, -0.2) is 19.6 Å². The number of carbonyl (C=O) groups is 2. The lowest BCUT2D eigenvalue weighted by molar-refractivity contribution is -0.117. The number of hydroxylamine groups is 2. The number of anilines is 2. The summed E-state index contributed by atoms with van der Waals surface area (Å²) in [5.74, 6) is -0.0294. The number of rotatable bonds is 6. The number of ether oxygens (including phenoxy) is 2. The van der Waals surface area contributed by atoms with Gasteiger partial charge >= 0.3 is 12.2 Å². The number of hydrogen-bond donors (Lipinski definition) is 2. The molecule has 198 valence electrons. The van der Waals surface area contributed by atoms with E-state index in [1.807, 2.05) is 0 Å². The highest BCUT2D eigenvalue weighted by molar-refractivity contribution is 7.14. The Morgan fingerprint density at radius 3 is 1.66 bits per heavy atom. The van der Waals surface area contributed by atoms with Crippen molar-refractivity contribution in [1.82, 2.24) is 15.0 Å². The van der Waals surface area contributed by atoms with E-state index >= 15 is 0 Å².